The molecule has 5 nitrogen and oxygen atoms in total. The predicted molar refractivity (Wildman–Crippen MR) is 93.0 cm³/mol. The number of hydrogen-bond acceptors (Lipinski definition) is 5. The molecule has 0 radical (unpaired) electrons. The molecule has 0 unspecified atom stereocenters. The lowest BCUT2D eigenvalue weighted by Gasteiger charge is -2.06. The van der Waals surface area contributed by atoms with Crippen LogP contribution >= 0.6 is 22.9 Å². The molecule has 7 heteroatoms. The Morgan fingerprint density at radius 2 is 2.09 bits per heavy atom. The molecule has 3 aromatic rings. The van der Waals surface area contributed by atoms with Crippen molar-refractivity contribution in [2.75, 3.05) is 19.0 Å². The standard InChI is InChI=1S/C16H14ClN3O2S/c1-20(2)16-19-14-9(6-10(17)8-13(14)23-16)7-11-4-3-5-12(18-11)15(21)22/h3-6,8H,7H2,1-2H3,(H,21,22). The maximum atomic E-state index is 11.1. The highest BCUT2D eigenvalue weighted by atomic mass is 35.5. The SMILES string of the molecule is CN(C)c1nc2c(Cc3cccc(C(=O)O)n3)cc(Cl)cc2s1. The first kappa shape index (κ1) is 15.7. The number of benzene rings is 1. The van der Waals surface area contributed by atoms with Gasteiger partial charge in [0.05, 0.1) is 10.2 Å². The first-order valence-corrected chi connectivity index (χ1v) is 8.09. The molecular formula is C16H14ClN3O2S. The number of anilines is 1. The number of hydrogen-bond donors (Lipinski definition) is 1. The molecule has 23 heavy (non-hydrogen) atoms. The van der Waals surface area contributed by atoms with Gasteiger partial charge in [0.2, 0.25) is 0 Å². The Kier molecular flexibility index (Phi) is 4.19. The highest BCUT2D eigenvalue weighted by Gasteiger charge is 2.13. The summed E-state index contributed by atoms with van der Waals surface area (Å²) in [7, 11) is 3.88. The van der Waals surface area contributed by atoms with E-state index in [2.05, 4.69) is 9.97 Å². The Balaban J connectivity index is 2.05. The van der Waals surface area contributed by atoms with Crippen molar-refractivity contribution in [2.24, 2.45) is 0 Å². The van der Waals surface area contributed by atoms with Crippen molar-refractivity contribution in [2.45, 2.75) is 6.42 Å². The van der Waals surface area contributed by atoms with Gasteiger partial charge in [-0.1, -0.05) is 29.0 Å². The number of pyridine rings is 1. The molecule has 0 fully saturated rings. The molecule has 0 amide bonds. The second-order valence-electron chi connectivity index (χ2n) is 5.30. The van der Waals surface area contributed by atoms with Gasteiger partial charge >= 0.3 is 5.97 Å². The Morgan fingerprint density at radius 3 is 2.78 bits per heavy atom. The summed E-state index contributed by atoms with van der Waals surface area (Å²) in [6.45, 7) is 0. The molecule has 2 aromatic heterocycles. The van der Waals surface area contributed by atoms with Crippen LogP contribution in [0, 0.1) is 0 Å². The highest BCUT2D eigenvalue weighted by Crippen LogP contribution is 2.33. The maximum absolute atomic E-state index is 11.1. The maximum Gasteiger partial charge on any atom is 0.354 e. The van der Waals surface area contributed by atoms with Crippen LogP contribution in [-0.2, 0) is 6.42 Å². The van der Waals surface area contributed by atoms with E-state index in [1.54, 1.807) is 23.5 Å². The summed E-state index contributed by atoms with van der Waals surface area (Å²) in [4.78, 5) is 21.8. The van der Waals surface area contributed by atoms with Crippen LogP contribution in [0.25, 0.3) is 10.2 Å². The van der Waals surface area contributed by atoms with Crippen LogP contribution in [0.3, 0.4) is 0 Å². The van der Waals surface area contributed by atoms with Gasteiger partial charge in [0.1, 0.15) is 5.69 Å². The van der Waals surface area contributed by atoms with Gasteiger partial charge in [-0.3, -0.25) is 0 Å². The Labute approximate surface area is 142 Å². The fourth-order valence-corrected chi connectivity index (χ4v) is 3.55. The molecule has 0 aliphatic rings. The third kappa shape index (κ3) is 3.28. The normalized spacial score (nSPS) is 10.9. The van der Waals surface area contributed by atoms with Gasteiger partial charge in [-0.25, -0.2) is 14.8 Å². The number of fused-ring (bicyclic) bond motifs is 1. The smallest absolute Gasteiger partial charge is 0.354 e. The third-order valence-electron chi connectivity index (χ3n) is 3.31. The molecule has 1 aromatic carbocycles. The molecule has 0 spiro atoms. The Bertz CT molecular complexity index is 892. The average molecular weight is 348 g/mol. The van der Waals surface area contributed by atoms with Gasteiger partial charge in [-0.2, -0.15) is 0 Å². The topological polar surface area (TPSA) is 66.3 Å². The van der Waals surface area contributed by atoms with Crippen LogP contribution in [-0.4, -0.2) is 35.1 Å². The van der Waals surface area contributed by atoms with E-state index in [1.807, 2.05) is 31.1 Å². The quantitative estimate of drug-likeness (QED) is 0.779. The van der Waals surface area contributed by atoms with Crippen molar-refractivity contribution < 1.29 is 9.90 Å². The van der Waals surface area contributed by atoms with Crippen molar-refractivity contribution >= 4 is 44.3 Å². The average Bonchev–Trinajstić information content (AvgIpc) is 2.91. The van der Waals surface area contributed by atoms with Gasteiger partial charge in [0.15, 0.2) is 5.13 Å². The second-order valence-corrected chi connectivity index (χ2v) is 6.74. The lowest BCUT2D eigenvalue weighted by molar-refractivity contribution is 0.0690. The minimum absolute atomic E-state index is 0.0352. The van der Waals surface area contributed by atoms with Crippen molar-refractivity contribution in [1.82, 2.24) is 9.97 Å². The van der Waals surface area contributed by atoms with Gasteiger partial charge in [-0.05, 0) is 29.8 Å². The summed E-state index contributed by atoms with van der Waals surface area (Å²) in [5.74, 6) is -1.04. The Hall–Kier alpha value is -2.18. The molecule has 2 heterocycles. The van der Waals surface area contributed by atoms with E-state index in [0.717, 1.165) is 20.9 Å². The van der Waals surface area contributed by atoms with E-state index in [4.69, 9.17) is 16.7 Å². The highest BCUT2D eigenvalue weighted by molar-refractivity contribution is 7.22. The van der Waals surface area contributed by atoms with Crippen LogP contribution in [0.2, 0.25) is 5.02 Å². The predicted octanol–water partition coefficient (Wildman–Crippen LogP) is 3.70. The number of carboxylic acids is 1. The van der Waals surface area contributed by atoms with E-state index in [1.165, 1.54) is 6.07 Å². The first-order chi connectivity index (χ1) is 10.9. The summed E-state index contributed by atoms with van der Waals surface area (Å²) in [6, 6.07) is 8.73. The first-order valence-electron chi connectivity index (χ1n) is 6.89. The molecule has 0 bridgehead atoms. The minimum atomic E-state index is -1.04. The number of aromatic nitrogens is 2. The van der Waals surface area contributed by atoms with Gasteiger partial charge < -0.3 is 10.0 Å². The lowest BCUT2D eigenvalue weighted by atomic mass is 10.1. The molecule has 0 aliphatic heterocycles. The van der Waals surface area contributed by atoms with Crippen molar-refractivity contribution in [3.63, 3.8) is 0 Å². The minimum Gasteiger partial charge on any atom is -0.477 e. The summed E-state index contributed by atoms with van der Waals surface area (Å²) in [5, 5.41) is 10.6. The number of rotatable bonds is 4. The Morgan fingerprint density at radius 1 is 1.30 bits per heavy atom. The largest absolute Gasteiger partial charge is 0.477 e. The summed E-state index contributed by atoms with van der Waals surface area (Å²) in [5.41, 5.74) is 2.53. The summed E-state index contributed by atoms with van der Waals surface area (Å²) in [6.07, 6.45) is 0.481. The number of halogens is 1. The van der Waals surface area contributed by atoms with E-state index < -0.39 is 5.97 Å². The van der Waals surface area contributed by atoms with Crippen LogP contribution in [0.1, 0.15) is 21.7 Å². The zero-order chi connectivity index (χ0) is 16.6. The van der Waals surface area contributed by atoms with Crippen molar-refractivity contribution in [3.05, 3.63) is 52.3 Å². The van der Waals surface area contributed by atoms with Crippen LogP contribution < -0.4 is 4.90 Å². The number of thiazole rings is 1. The number of carboxylic acid groups (broad SMARTS) is 1. The lowest BCUT2D eigenvalue weighted by Crippen LogP contribution is -2.07. The van der Waals surface area contributed by atoms with E-state index in [9.17, 15) is 4.79 Å². The van der Waals surface area contributed by atoms with Crippen molar-refractivity contribution in [3.8, 4) is 0 Å². The summed E-state index contributed by atoms with van der Waals surface area (Å²) < 4.78 is 1.01. The fourth-order valence-electron chi connectivity index (χ4n) is 2.27. The monoisotopic (exact) mass is 347 g/mol. The number of aromatic carboxylic acids is 1. The molecule has 3 rings (SSSR count). The third-order valence-corrected chi connectivity index (χ3v) is 4.70. The molecule has 0 saturated heterocycles. The van der Waals surface area contributed by atoms with Gasteiger partial charge in [0.25, 0.3) is 0 Å². The van der Waals surface area contributed by atoms with Gasteiger partial charge in [0, 0.05) is 31.2 Å². The molecule has 118 valence electrons. The van der Waals surface area contributed by atoms with Crippen molar-refractivity contribution in [1.29, 1.82) is 0 Å². The van der Waals surface area contributed by atoms with Gasteiger partial charge in [-0.15, -0.1) is 0 Å². The number of nitrogens with zero attached hydrogens (tertiary/aromatic N) is 3. The second kappa shape index (κ2) is 6.14. The van der Waals surface area contributed by atoms with E-state index in [-0.39, 0.29) is 5.69 Å². The fraction of sp³-hybridized carbons (Fsp3) is 0.188. The summed E-state index contributed by atoms with van der Waals surface area (Å²) >= 11 is 7.78. The molecule has 1 N–H and O–H groups in total. The molecule has 0 atom stereocenters. The van der Waals surface area contributed by atoms with E-state index >= 15 is 0 Å². The zero-order valence-corrected chi connectivity index (χ0v) is 14.1. The van der Waals surface area contributed by atoms with Crippen LogP contribution in [0.4, 0.5) is 5.13 Å². The zero-order valence-electron chi connectivity index (χ0n) is 12.6. The molecule has 0 aliphatic carbocycles. The molecule has 0 saturated carbocycles. The van der Waals surface area contributed by atoms with Crippen LogP contribution in [0.15, 0.2) is 30.3 Å². The van der Waals surface area contributed by atoms with Crippen LogP contribution in [0.5, 0.6) is 0 Å². The molecular weight excluding hydrogens is 334 g/mol. The van der Waals surface area contributed by atoms with E-state index in [0.29, 0.717) is 17.1 Å². The number of carbonyl (C=O) groups is 1.